The molecule has 1 rings (SSSR count). The van der Waals surface area contributed by atoms with Crippen molar-refractivity contribution in [1.29, 1.82) is 0 Å². The van der Waals surface area contributed by atoms with E-state index in [1.54, 1.807) is 18.2 Å². The summed E-state index contributed by atoms with van der Waals surface area (Å²) in [6.07, 6.45) is 2.95. The Morgan fingerprint density at radius 3 is 2.65 bits per heavy atom. The maximum absolute atomic E-state index is 11.6. The average Bonchev–Trinajstić information content (AvgIpc) is 2.69. The summed E-state index contributed by atoms with van der Waals surface area (Å²) in [5.41, 5.74) is 0. The maximum Gasteiger partial charge on any atom is 0.326 e. The van der Waals surface area contributed by atoms with Crippen molar-refractivity contribution in [1.82, 2.24) is 4.90 Å². The summed E-state index contributed by atoms with van der Waals surface area (Å²) >= 11 is 7.09. The van der Waals surface area contributed by atoms with E-state index < -0.39 is 12.0 Å². The first-order chi connectivity index (χ1) is 7.91. The molecule has 0 radical (unpaired) electrons. The summed E-state index contributed by atoms with van der Waals surface area (Å²) in [4.78, 5) is 24.3. The number of nitrogens with zero attached hydrogens (tertiary/aromatic N) is 1. The number of likely N-dealkylation sites (N-methyl/N-ethyl adjacent to an activating group) is 1. The van der Waals surface area contributed by atoms with E-state index in [2.05, 4.69) is 0 Å². The average molecular weight is 274 g/mol. The molecule has 1 atom stereocenters. The van der Waals surface area contributed by atoms with Crippen molar-refractivity contribution in [2.24, 2.45) is 0 Å². The van der Waals surface area contributed by atoms with Crippen LogP contribution in [-0.2, 0) is 9.59 Å². The molecule has 0 aliphatic carbocycles. The van der Waals surface area contributed by atoms with Crippen LogP contribution in [0.25, 0.3) is 6.08 Å². The van der Waals surface area contributed by atoms with Gasteiger partial charge in [-0.15, -0.1) is 11.3 Å². The topological polar surface area (TPSA) is 57.6 Å². The molecule has 0 saturated carbocycles. The van der Waals surface area contributed by atoms with Gasteiger partial charge in [0.1, 0.15) is 6.04 Å². The number of hydrogen-bond donors (Lipinski definition) is 1. The van der Waals surface area contributed by atoms with Crippen molar-refractivity contribution in [3.63, 3.8) is 0 Å². The van der Waals surface area contributed by atoms with E-state index in [9.17, 15) is 9.59 Å². The van der Waals surface area contributed by atoms with E-state index in [-0.39, 0.29) is 5.91 Å². The quantitative estimate of drug-likeness (QED) is 0.857. The van der Waals surface area contributed by atoms with Crippen molar-refractivity contribution < 1.29 is 14.7 Å². The highest BCUT2D eigenvalue weighted by atomic mass is 35.5. The number of amides is 1. The van der Waals surface area contributed by atoms with Crippen LogP contribution in [0.2, 0.25) is 4.34 Å². The Kier molecular flexibility index (Phi) is 4.72. The number of carbonyl (C=O) groups is 2. The molecule has 1 unspecified atom stereocenters. The first kappa shape index (κ1) is 13.7. The van der Waals surface area contributed by atoms with E-state index in [0.717, 1.165) is 9.78 Å². The normalized spacial score (nSPS) is 12.6. The van der Waals surface area contributed by atoms with Crippen LogP contribution in [0.3, 0.4) is 0 Å². The highest BCUT2D eigenvalue weighted by Crippen LogP contribution is 2.22. The number of carboxylic acid groups (broad SMARTS) is 1. The van der Waals surface area contributed by atoms with Crippen LogP contribution >= 0.6 is 22.9 Å². The van der Waals surface area contributed by atoms with Crippen molar-refractivity contribution in [2.75, 3.05) is 7.05 Å². The van der Waals surface area contributed by atoms with Gasteiger partial charge in [-0.3, -0.25) is 4.79 Å². The zero-order valence-electron chi connectivity index (χ0n) is 9.38. The molecule has 0 saturated heterocycles. The molecule has 1 aromatic rings. The van der Waals surface area contributed by atoms with Crippen LogP contribution in [-0.4, -0.2) is 35.0 Å². The highest BCUT2D eigenvalue weighted by molar-refractivity contribution is 7.17. The Labute approximate surface area is 108 Å². The number of rotatable bonds is 4. The Morgan fingerprint density at radius 2 is 2.18 bits per heavy atom. The van der Waals surface area contributed by atoms with E-state index in [1.165, 1.54) is 31.4 Å². The fraction of sp³-hybridized carbons (Fsp3) is 0.273. The van der Waals surface area contributed by atoms with Gasteiger partial charge in [0.2, 0.25) is 5.91 Å². The molecule has 92 valence electrons. The van der Waals surface area contributed by atoms with E-state index in [1.807, 2.05) is 0 Å². The largest absolute Gasteiger partial charge is 0.480 e. The van der Waals surface area contributed by atoms with Crippen molar-refractivity contribution in [2.45, 2.75) is 13.0 Å². The van der Waals surface area contributed by atoms with Gasteiger partial charge in [0.05, 0.1) is 4.34 Å². The third-order valence-corrected chi connectivity index (χ3v) is 3.47. The van der Waals surface area contributed by atoms with E-state index >= 15 is 0 Å². The first-order valence-corrected chi connectivity index (χ1v) is 6.04. The Morgan fingerprint density at radius 1 is 1.53 bits per heavy atom. The lowest BCUT2D eigenvalue weighted by molar-refractivity contribution is -0.146. The van der Waals surface area contributed by atoms with Crippen LogP contribution in [0.4, 0.5) is 0 Å². The van der Waals surface area contributed by atoms with E-state index in [4.69, 9.17) is 16.7 Å². The molecule has 0 aliphatic rings. The number of aliphatic carboxylic acids is 1. The minimum atomic E-state index is -1.03. The smallest absolute Gasteiger partial charge is 0.326 e. The molecule has 1 heterocycles. The number of halogens is 1. The van der Waals surface area contributed by atoms with Crippen molar-refractivity contribution in [3.05, 3.63) is 27.4 Å². The SMILES string of the molecule is CC(C(=O)O)N(C)C(=O)/C=C/c1ccc(Cl)s1. The lowest BCUT2D eigenvalue weighted by atomic mass is 10.3. The van der Waals surface area contributed by atoms with Gasteiger partial charge in [-0.2, -0.15) is 0 Å². The van der Waals surface area contributed by atoms with Gasteiger partial charge in [-0.25, -0.2) is 4.79 Å². The summed E-state index contributed by atoms with van der Waals surface area (Å²) in [6.45, 7) is 1.45. The van der Waals surface area contributed by atoms with E-state index in [0.29, 0.717) is 4.34 Å². The summed E-state index contributed by atoms with van der Waals surface area (Å²) < 4.78 is 0.643. The summed E-state index contributed by atoms with van der Waals surface area (Å²) in [7, 11) is 1.45. The minimum Gasteiger partial charge on any atom is -0.480 e. The lowest BCUT2D eigenvalue weighted by Crippen LogP contribution is -2.39. The molecule has 17 heavy (non-hydrogen) atoms. The van der Waals surface area contributed by atoms with Gasteiger partial charge in [-0.05, 0) is 25.1 Å². The molecule has 0 bridgehead atoms. The molecule has 1 aromatic heterocycles. The molecule has 1 amide bonds. The molecule has 6 heteroatoms. The predicted molar refractivity (Wildman–Crippen MR) is 68.2 cm³/mol. The van der Waals surface area contributed by atoms with Crippen LogP contribution < -0.4 is 0 Å². The van der Waals surface area contributed by atoms with Crippen LogP contribution in [0.5, 0.6) is 0 Å². The zero-order chi connectivity index (χ0) is 13.0. The van der Waals surface area contributed by atoms with Gasteiger partial charge in [0, 0.05) is 18.0 Å². The molecular formula is C11H12ClNO3S. The van der Waals surface area contributed by atoms with Crippen LogP contribution in [0.15, 0.2) is 18.2 Å². The Hall–Kier alpha value is -1.33. The molecule has 0 fully saturated rings. The Balaban J connectivity index is 2.66. The molecular weight excluding hydrogens is 262 g/mol. The number of carbonyl (C=O) groups excluding carboxylic acids is 1. The van der Waals surface area contributed by atoms with Gasteiger partial charge < -0.3 is 10.0 Å². The number of carboxylic acids is 1. The van der Waals surface area contributed by atoms with Crippen molar-refractivity contribution >= 4 is 40.9 Å². The third-order valence-electron chi connectivity index (χ3n) is 2.27. The summed E-state index contributed by atoms with van der Waals surface area (Å²) in [6, 6.07) is 2.68. The maximum atomic E-state index is 11.6. The minimum absolute atomic E-state index is 0.357. The van der Waals surface area contributed by atoms with Gasteiger partial charge in [0.25, 0.3) is 0 Å². The van der Waals surface area contributed by atoms with Crippen LogP contribution in [0, 0.1) is 0 Å². The summed E-state index contributed by atoms with van der Waals surface area (Å²) in [5, 5.41) is 8.76. The molecule has 0 aliphatic heterocycles. The molecule has 1 N–H and O–H groups in total. The van der Waals surface area contributed by atoms with Gasteiger partial charge in [0.15, 0.2) is 0 Å². The summed E-state index contributed by atoms with van der Waals surface area (Å²) in [5.74, 6) is -1.39. The number of thiophene rings is 1. The highest BCUT2D eigenvalue weighted by Gasteiger charge is 2.19. The fourth-order valence-corrected chi connectivity index (χ4v) is 2.01. The fourth-order valence-electron chi connectivity index (χ4n) is 1.05. The standard InChI is InChI=1S/C11H12ClNO3S/c1-7(11(15)16)13(2)10(14)6-4-8-3-5-9(12)17-8/h3-7H,1-2H3,(H,15,16)/b6-4+. The second-order valence-electron chi connectivity index (χ2n) is 3.44. The second kappa shape index (κ2) is 5.84. The van der Waals surface area contributed by atoms with Crippen molar-refractivity contribution in [3.8, 4) is 0 Å². The van der Waals surface area contributed by atoms with Gasteiger partial charge >= 0.3 is 5.97 Å². The second-order valence-corrected chi connectivity index (χ2v) is 5.19. The van der Waals surface area contributed by atoms with Gasteiger partial charge in [-0.1, -0.05) is 11.6 Å². The zero-order valence-corrected chi connectivity index (χ0v) is 11.0. The molecule has 4 nitrogen and oxygen atoms in total. The molecule has 0 aromatic carbocycles. The molecule has 0 spiro atoms. The number of hydrogen-bond acceptors (Lipinski definition) is 3. The third kappa shape index (κ3) is 3.87. The Bertz CT molecular complexity index is 455. The lowest BCUT2D eigenvalue weighted by Gasteiger charge is -2.19. The predicted octanol–water partition coefficient (Wildman–Crippen LogP) is 2.35. The monoisotopic (exact) mass is 273 g/mol. The van der Waals surface area contributed by atoms with Crippen LogP contribution in [0.1, 0.15) is 11.8 Å². The first-order valence-electron chi connectivity index (χ1n) is 4.85.